The van der Waals surface area contributed by atoms with Crippen molar-refractivity contribution in [1.82, 2.24) is 5.32 Å². The van der Waals surface area contributed by atoms with E-state index >= 15 is 0 Å². The van der Waals surface area contributed by atoms with E-state index in [1.165, 1.54) is 20.2 Å². The Morgan fingerprint density at radius 1 is 1.36 bits per heavy atom. The van der Waals surface area contributed by atoms with Gasteiger partial charge < -0.3 is 5.32 Å². The molecule has 0 aromatic carbocycles. The monoisotopic (exact) mass is 223 g/mol. The number of rotatable bonds is 3. The van der Waals surface area contributed by atoms with Gasteiger partial charge in [0, 0.05) is 26.7 Å². The average molecular weight is 223 g/mol. The van der Waals surface area contributed by atoms with Crippen LogP contribution in [-0.4, -0.2) is 7.05 Å². The largest absolute Gasteiger partial charge is 0.315 e. The van der Waals surface area contributed by atoms with Crippen molar-refractivity contribution in [3.8, 4) is 10.4 Å². The molecule has 2 aromatic heterocycles. The summed E-state index contributed by atoms with van der Waals surface area (Å²) < 4.78 is 0. The molecular weight excluding hydrogens is 210 g/mol. The van der Waals surface area contributed by atoms with Crippen LogP contribution in [0.2, 0.25) is 0 Å². The Bertz CT molecular complexity index is 414. The molecule has 0 atom stereocenters. The van der Waals surface area contributed by atoms with Crippen molar-refractivity contribution in [3.05, 3.63) is 33.3 Å². The lowest BCUT2D eigenvalue weighted by Gasteiger charge is -1.91. The van der Waals surface area contributed by atoms with Crippen LogP contribution < -0.4 is 5.32 Å². The van der Waals surface area contributed by atoms with Crippen molar-refractivity contribution in [2.75, 3.05) is 7.05 Å². The van der Waals surface area contributed by atoms with Crippen molar-refractivity contribution in [2.45, 2.75) is 13.5 Å². The van der Waals surface area contributed by atoms with Crippen LogP contribution >= 0.6 is 22.7 Å². The number of hydrogen-bond donors (Lipinski definition) is 1. The molecule has 0 aliphatic carbocycles. The standard InChI is InChI=1S/C11H13NS2/c1-8-3-4-11(14-8)9-5-10(6-12-2)13-7-9/h3-5,7,12H,6H2,1-2H3. The fourth-order valence-corrected chi connectivity index (χ4v) is 3.19. The summed E-state index contributed by atoms with van der Waals surface area (Å²) in [5.74, 6) is 0. The third kappa shape index (κ3) is 2.05. The highest BCUT2D eigenvalue weighted by atomic mass is 32.1. The second kappa shape index (κ2) is 4.26. The van der Waals surface area contributed by atoms with Crippen LogP contribution in [0.3, 0.4) is 0 Å². The molecule has 0 aliphatic heterocycles. The molecule has 0 fully saturated rings. The summed E-state index contributed by atoms with van der Waals surface area (Å²) in [7, 11) is 1.98. The zero-order valence-electron chi connectivity index (χ0n) is 8.33. The molecule has 0 amide bonds. The zero-order chi connectivity index (χ0) is 9.97. The first-order valence-corrected chi connectivity index (χ1v) is 6.28. The van der Waals surface area contributed by atoms with E-state index in [4.69, 9.17) is 0 Å². The molecule has 0 bridgehead atoms. The molecule has 1 nitrogen and oxygen atoms in total. The maximum atomic E-state index is 3.17. The van der Waals surface area contributed by atoms with E-state index in [9.17, 15) is 0 Å². The van der Waals surface area contributed by atoms with E-state index in [1.54, 1.807) is 0 Å². The third-order valence-electron chi connectivity index (χ3n) is 2.03. The first kappa shape index (κ1) is 9.90. The van der Waals surface area contributed by atoms with E-state index in [1.807, 2.05) is 29.7 Å². The van der Waals surface area contributed by atoms with Gasteiger partial charge >= 0.3 is 0 Å². The minimum atomic E-state index is 0.967. The Kier molecular flexibility index (Phi) is 3.01. The maximum absolute atomic E-state index is 3.17. The highest BCUT2D eigenvalue weighted by Gasteiger charge is 2.03. The molecular formula is C11H13NS2. The summed E-state index contributed by atoms with van der Waals surface area (Å²) in [6.45, 7) is 3.12. The second-order valence-corrected chi connectivity index (χ2v) is 5.53. The minimum Gasteiger partial charge on any atom is -0.315 e. The van der Waals surface area contributed by atoms with E-state index < -0.39 is 0 Å². The summed E-state index contributed by atoms with van der Waals surface area (Å²) >= 11 is 3.68. The van der Waals surface area contributed by atoms with Crippen molar-refractivity contribution >= 4 is 22.7 Å². The third-order valence-corrected chi connectivity index (χ3v) is 4.02. The fourth-order valence-electron chi connectivity index (χ4n) is 1.37. The molecule has 0 spiro atoms. The highest BCUT2D eigenvalue weighted by molar-refractivity contribution is 7.16. The number of hydrogen-bond acceptors (Lipinski definition) is 3. The molecule has 0 saturated heterocycles. The van der Waals surface area contributed by atoms with Crippen LogP contribution in [0.25, 0.3) is 10.4 Å². The van der Waals surface area contributed by atoms with Gasteiger partial charge in [-0.15, -0.1) is 22.7 Å². The molecule has 2 rings (SSSR count). The van der Waals surface area contributed by atoms with E-state index in [-0.39, 0.29) is 0 Å². The normalized spacial score (nSPS) is 10.7. The Morgan fingerprint density at radius 2 is 2.21 bits per heavy atom. The first-order valence-electron chi connectivity index (χ1n) is 4.58. The van der Waals surface area contributed by atoms with Crippen LogP contribution in [-0.2, 0) is 6.54 Å². The Balaban J connectivity index is 2.24. The quantitative estimate of drug-likeness (QED) is 0.839. The van der Waals surface area contributed by atoms with Gasteiger partial charge in [0.05, 0.1) is 0 Å². The highest BCUT2D eigenvalue weighted by Crippen LogP contribution is 2.31. The molecule has 2 aromatic rings. The summed E-state index contributed by atoms with van der Waals surface area (Å²) in [6, 6.07) is 6.65. The maximum Gasteiger partial charge on any atom is 0.0354 e. The minimum absolute atomic E-state index is 0.967. The van der Waals surface area contributed by atoms with Crippen molar-refractivity contribution in [2.24, 2.45) is 0 Å². The smallest absolute Gasteiger partial charge is 0.0354 e. The van der Waals surface area contributed by atoms with Crippen LogP contribution in [0, 0.1) is 6.92 Å². The van der Waals surface area contributed by atoms with Gasteiger partial charge in [0.25, 0.3) is 0 Å². The van der Waals surface area contributed by atoms with E-state index in [0.29, 0.717) is 0 Å². The molecule has 0 unspecified atom stereocenters. The Labute approximate surface area is 92.4 Å². The van der Waals surface area contributed by atoms with Gasteiger partial charge in [-0.3, -0.25) is 0 Å². The SMILES string of the molecule is CNCc1cc(-c2ccc(C)s2)cs1. The molecule has 3 heteroatoms. The fraction of sp³-hybridized carbons (Fsp3) is 0.273. The summed E-state index contributed by atoms with van der Waals surface area (Å²) in [5, 5.41) is 5.40. The van der Waals surface area contributed by atoms with Crippen molar-refractivity contribution in [1.29, 1.82) is 0 Å². The van der Waals surface area contributed by atoms with Crippen molar-refractivity contribution in [3.63, 3.8) is 0 Å². The number of thiophene rings is 2. The van der Waals surface area contributed by atoms with Gasteiger partial charge in [-0.1, -0.05) is 0 Å². The average Bonchev–Trinajstić information content (AvgIpc) is 2.74. The van der Waals surface area contributed by atoms with Gasteiger partial charge in [-0.2, -0.15) is 0 Å². The van der Waals surface area contributed by atoms with Crippen LogP contribution in [0.4, 0.5) is 0 Å². The topological polar surface area (TPSA) is 12.0 Å². The first-order chi connectivity index (χ1) is 6.79. The molecule has 0 radical (unpaired) electrons. The molecule has 74 valence electrons. The van der Waals surface area contributed by atoms with Gasteiger partial charge in [-0.05, 0) is 37.6 Å². The molecule has 1 N–H and O–H groups in total. The van der Waals surface area contributed by atoms with Gasteiger partial charge in [-0.25, -0.2) is 0 Å². The summed E-state index contributed by atoms with van der Waals surface area (Å²) in [4.78, 5) is 4.15. The molecule has 0 aliphatic rings. The Hall–Kier alpha value is -0.640. The molecule has 2 heterocycles. The number of nitrogens with one attached hydrogen (secondary N) is 1. The predicted molar refractivity (Wildman–Crippen MR) is 65.1 cm³/mol. The summed E-state index contributed by atoms with van der Waals surface area (Å²) in [5.41, 5.74) is 1.36. The van der Waals surface area contributed by atoms with Gasteiger partial charge in [0.2, 0.25) is 0 Å². The lowest BCUT2D eigenvalue weighted by atomic mass is 10.2. The zero-order valence-corrected chi connectivity index (χ0v) is 9.97. The Morgan fingerprint density at radius 3 is 2.86 bits per heavy atom. The van der Waals surface area contributed by atoms with Crippen LogP contribution in [0.5, 0.6) is 0 Å². The lowest BCUT2D eigenvalue weighted by molar-refractivity contribution is 0.832. The second-order valence-electron chi connectivity index (χ2n) is 3.24. The van der Waals surface area contributed by atoms with Gasteiger partial charge in [0.15, 0.2) is 0 Å². The summed E-state index contributed by atoms with van der Waals surface area (Å²) in [6.07, 6.45) is 0. The van der Waals surface area contributed by atoms with Crippen LogP contribution in [0.1, 0.15) is 9.75 Å². The van der Waals surface area contributed by atoms with Gasteiger partial charge in [0.1, 0.15) is 0 Å². The predicted octanol–water partition coefficient (Wildman–Crippen LogP) is 3.50. The molecule has 14 heavy (non-hydrogen) atoms. The number of aryl methyl sites for hydroxylation is 1. The van der Waals surface area contributed by atoms with E-state index in [2.05, 4.69) is 35.8 Å². The van der Waals surface area contributed by atoms with Crippen molar-refractivity contribution < 1.29 is 0 Å². The lowest BCUT2D eigenvalue weighted by Crippen LogP contribution is -2.02. The van der Waals surface area contributed by atoms with E-state index in [0.717, 1.165) is 6.54 Å². The van der Waals surface area contributed by atoms with Crippen LogP contribution in [0.15, 0.2) is 23.6 Å². The molecule has 0 saturated carbocycles.